The van der Waals surface area contributed by atoms with Crippen molar-refractivity contribution in [1.82, 2.24) is 5.32 Å². The molecule has 0 aliphatic heterocycles. The summed E-state index contributed by atoms with van der Waals surface area (Å²) in [4.78, 5) is 10.9. The summed E-state index contributed by atoms with van der Waals surface area (Å²) in [5, 5.41) is 13.3. The number of carboxylic acids is 1. The third kappa shape index (κ3) is 3.95. The average Bonchev–Trinajstić information content (AvgIpc) is 2.40. The van der Waals surface area contributed by atoms with E-state index < -0.39 is 5.97 Å². The molecule has 1 aromatic rings. The highest BCUT2D eigenvalue weighted by molar-refractivity contribution is 6.30. The van der Waals surface area contributed by atoms with Crippen LogP contribution in [-0.2, 0) is 4.79 Å². The minimum Gasteiger partial charge on any atom is -0.481 e. The Kier molecular flexibility index (Phi) is 4.83. The van der Waals surface area contributed by atoms with E-state index in [2.05, 4.69) is 12.2 Å². The van der Waals surface area contributed by atoms with Crippen molar-refractivity contribution >= 4 is 17.6 Å². The predicted molar refractivity (Wildman–Crippen MR) is 76.4 cm³/mol. The zero-order chi connectivity index (χ0) is 13.8. The number of rotatable bonds is 4. The zero-order valence-corrected chi connectivity index (χ0v) is 11.9. The lowest BCUT2D eigenvalue weighted by Gasteiger charge is -2.29. The third-order valence-electron chi connectivity index (χ3n) is 3.93. The summed E-state index contributed by atoms with van der Waals surface area (Å²) in [5.74, 6) is -0.798. The van der Waals surface area contributed by atoms with Crippen LogP contribution in [0.1, 0.15) is 44.2 Å². The fourth-order valence-electron chi connectivity index (χ4n) is 2.71. The van der Waals surface area contributed by atoms with Crippen molar-refractivity contribution in [2.24, 2.45) is 5.92 Å². The normalized spacial score (nSPS) is 24.9. The molecule has 2 rings (SSSR count). The molecule has 0 aromatic heterocycles. The molecule has 0 radical (unpaired) electrons. The first-order chi connectivity index (χ1) is 9.06. The summed E-state index contributed by atoms with van der Waals surface area (Å²) in [7, 11) is 0. The van der Waals surface area contributed by atoms with Gasteiger partial charge in [0.05, 0.1) is 5.92 Å². The van der Waals surface area contributed by atoms with Gasteiger partial charge in [0.1, 0.15) is 0 Å². The Morgan fingerprint density at radius 1 is 1.26 bits per heavy atom. The van der Waals surface area contributed by atoms with Gasteiger partial charge in [-0.15, -0.1) is 0 Å². The van der Waals surface area contributed by atoms with Crippen molar-refractivity contribution in [1.29, 1.82) is 0 Å². The number of halogens is 1. The SMILES string of the molecule is C[C@H](NC1CCC(C(=O)O)CC1)c1ccc(Cl)cc1. The van der Waals surface area contributed by atoms with Crippen LogP contribution in [0.5, 0.6) is 0 Å². The van der Waals surface area contributed by atoms with Gasteiger partial charge < -0.3 is 10.4 Å². The molecule has 104 valence electrons. The molecule has 1 saturated carbocycles. The Morgan fingerprint density at radius 3 is 2.37 bits per heavy atom. The van der Waals surface area contributed by atoms with Gasteiger partial charge in [-0.3, -0.25) is 4.79 Å². The molecule has 0 spiro atoms. The van der Waals surface area contributed by atoms with Crippen LogP contribution in [0.25, 0.3) is 0 Å². The van der Waals surface area contributed by atoms with E-state index in [0.29, 0.717) is 6.04 Å². The molecule has 0 saturated heterocycles. The third-order valence-corrected chi connectivity index (χ3v) is 4.18. The highest BCUT2D eigenvalue weighted by Crippen LogP contribution is 2.26. The molecule has 3 nitrogen and oxygen atoms in total. The lowest BCUT2D eigenvalue weighted by Crippen LogP contribution is -2.36. The van der Waals surface area contributed by atoms with Crippen LogP contribution >= 0.6 is 11.6 Å². The second-order valence-electron chi connectivity index (χ2n) is 5.33. The second kappa shape index (κ2) is 6.40. The summed E-state index contributed by atoms with van der Waals surface area (Å²) in [6, 6.07) is 8.54. The molecule has 0 heterocycles. The summed E-state index contributed by atoms with van der Waals surface area (Å²) in [5.41, 5.74) is 1.21. The van der Waals surface area contributed by atoms with E-state index in [1.807, 2.05) is 24.3 Å². The van der Waals surface area contributed by atoms with E-state index in [0.717, 1.165) is 30.7 Å². The van der Waals surface area contributed by atoms with Crippen LogP contribution in [-0.4, -0.2) is 17.1 Å². The fourth-order valence-corrected chi connectivity index (χ4v) is 2.83. The second-order valence-corrected chi connectivity index (χ2v) is 5.76. The van der Waals surface area contributed by atoms with E-state index in [1.54, 1.807) is 0 Å². The number of hydrogen-bond acceptors (Lipinski definition) is 2. The average molecular weight is 282 g/mol. The van der Waals surface area contributed by atoms with Gasteiger partial charge in [0.15, 0.2) is 0 Å². The van der Waals surface area contributed by atoms with Gasteiger partial charge in [-0.25, -0.2) is 0 Å². The highest BCUT2D eigenvalue weighted by Gasteiger charge is 2.26. The van der Waals surface area contributed by atoms with Crippen LogP contribution < -0.4 is 5.32 Å². The Balaban J connectivity index is 1.85. The molecule has 1 aromatic carbocycles. The van der Waals surface area contributed by atoms with Crippen molar-refractivity contribution in [3.8, 4) is 0 Å². The standard InChI is InChI=1S/C15H20ClNO2/c1-10(11-2-6-13(16)7-3-11)17-14-8-4-12(5-9-14)15(18)19/h2-3,6-7,10,12,14,17H,4-5,8-9H2,1H3,(H,18,19)/t10-,12?,14?/m0/s1. The van der Waals surface area contributed by atoms with Crippen LogP contribution in [0.2, 0.25) is 5.02 Å². The lowest BCUT2D eigenvalue weighted by atomic mass is 9.85. The number of carboxylic acid groups (broad SMARTS) is 1. The monoisotopic (exact) mass is 281 g/mol. The van der Waals surface area contributed by atoms with Gasteiger partial charge in [-0.1, -0.05) is 23.7 Å². The smallest absolute Gasteiger partial charge is 0.306 e. The number of benzene rings is 1. The first-order valence-electron chi connectivity index (χ1n) is 6.80. The van der Waals surface area contributed by atoms with Crippen LogP contribution in [0.4, 0.5) is 0 Å². The number of aliphatic carboxylic acids is 1. The summed E-state index contributed by atoms with van der Waals surface area (Å²) < 4.78 is 0. The van der Waals surface area contributed by atoms with E-state index in [-0.39, 0.29) is 12.0 Å². The Morgan fingerprint density at radius 2 is 1.84 bits per heavy atom. The van der Waals surface area contributed by atoms with Gasteiger partial charge in [-0.05, 0) is 50.3 Å². The van der Waals surface area contributed by atoms with Gasteiger partial charge in [0.25, 0.3) is 0 Å². The Bertz CT molecular complexity index is 424. The number of carbonyl (C=O) groups is 1. The largest absolute Gasteiger partial charge is 0.481 e. The molecule has 1 aliphatic carbocycles. The molecule has 0 unspecified atom stereocenters. The predicted octanol–water partition coefficient (Wildman–Crippen LogP) is 3.63. The minimum atomic E-state index is -0.649. The summed E-state index contributed by atoms with van der Waals surface area (Å²) in [6.07, 6.45) is 3.43. The van der Waals surface area contributed by atoms with E-state index >= 15 is 0 Å². The molecule has 1 fully saturated rings. The van der Waals surface area contributed by atoms with E-state index in [1.165, 1.54) is 5.56 Å². The highest BCUT2D eigenvalue weighted by atomic mass is 35.5. The summed E-state index contributed by atoms with van der Waals surface area (Å²) in [6.45, 7) is 2.13. The van der Waals surface area contributed by atoms with Crippen molar-refractivity contribution in [3.05, 3.63) is 34.9 Å². The molecular formula is C15H20ClNO2. The number of nitrogens with one attached hydrogen (secondary N) is 1. The molecule has 19 heavy (non-hydrogen) atoms. The molecule has 1 aliphatic rings. The van der Waals surface area contributed by atoms with Crippen molar-refractivity contribution < 1.29 is 9.90 Å². The van der Waals surface area contributed by atoms with Gasteiger partial charge >= 0.3 is 5.97 Å². The van der Waals surface area contributed by atoms with Gasteiger partial charge in [0.2, 0.25) is 0 Å². The van der Waals surface area contributed by atoms with Crippen molar-refractivity contribution in [3.63, 3.8) is 0 Å². The molecular weight excluding hydrogens is 262 g/mol. The molecule has 1 atom stereocenters. The first kappa shape index (κ1) is 14.4. The van der Waals surface area contributed by atoms with Gasteiger partial charge in [0, 0.05) is 17.1 Å². The maximum Gasteiger partial charge on any atom is 0.306 e. The molecule has 2 N–H and O–H groups in total. The molecule has 0 amide bonds. The zero-order valence-electron chi connectivity index (χ0n) is 11.1. The maximum atomic E-state index is 10.9. The number of hydrogen-bond donors (Lipinski definition) is 2. The van der Waals surface area contributed by atoms with E-state index in [4.69, 9.17) is 16.7 Å². The Labute approximate surface area is 119 Å². The molecule has 0 bridgehead atoms. The van der Waals surface area contributed by atoms with Gasteiger partial charge in [-0.2, -0.15) is 0 Å². The minimum absolute atomic E-state index is 0.149. The maximum absolute atomic E-state index is 10.9. The summed E-state index contributed by atoms with van der Waals surface area (Å²) >= 11 is 5.88. The quantitative estimate of drug-likeness (QED) is 0.886. The van der Waals surface area contributed by atoms with E-state index in [9.17, 15) is 4.79 Å². The van der Waals surface area contributed by atoms with Crippen LogP contribution in [0.15, 0.2) is 24.3 Å². The first-order valence-corrected chi connectivity index (χ1v) is 7.18. The van der Waals surface area contributed by atoms with Crippen LogP contribution in [0.3, 0.4) is 0 Å². The topological polar surface area (TPSA) is 49.3 Å². The molecule has 4 heteroatoms. The van der Waals surface area contributed by atoms with Crippen molar-refractivity contribution in [2.45, 2.75) is 44.7 Å². The Hall–Kier alpha value is -1.06. The fraction of sp³-hybridized carbons (Fsp3) is 0.533. The van der Waals surface area contributed by atoms with Crippen LogP contribution in [0, 0.1) is 5.92 Å². The lowest BCUT2D eigenvalue weighted by molar-refractivity contribution is -0.142. The van der Waals surface area contributed by atoms with Crippen molar-refractivity contribution in [2.75, 3.05) is 0 Å².